The summed E-state index contributed by atoms with van der Waals surface area (Å²) in [6.07, 6.45) is 0.815. The van der Waals surface area contributed by atoms with Gasteiger partial charge >= 0.3 is 0 Å². The lowest BCUT2D eigenvalue weighted by Gasteiger charge is -2.13. The number of hydrogen-bond donors (Lipinski definition) is 2. The molecule has 2 rings (SSSR count). The van der Waals surface area contributed by atoms with Crippen molar-refractivity contribution in [3.05, 3.63) is 63.4 Å². The van der Waals surface area contributed by atoms with Gasteiger partial charge in [0.25, 0.3) is 0 Å². The third-order valence-electron chi connectivity index (χ3n) is 2.77. The summed E-state index contributed by atoms with van der Waals surface area (Å²) in [5, 5.41) is 1.16. The van der Waals surface area contributed by atoms with E-state index in [9.17, 15) is 4.39 Å². The van der Waals surface area contributed by atoms with E-state index < -0.39 is 0 Å². The first-order valence-corrected chi connectivity index (χ1v) is 9.48. The molecule has 0 aromatic heterocycles. The van der Waals surface area contributed by atoms with Crippen LogP contribution in [0.1, 0.15) is 11.1 Å². The van der Waals surface area contributed by atoms with Crippen LogP contribution < -0.4 is 16.2 Å². The summed E-state index contributed by atoms with van der Waals surface area (Å²) >= 11 is 18.6. The molecule has 0 saturated heterocycles. The third-order valence-corrected chi connectivity index (χ3v) is 3.87. The van der Waals surface area contributed by atoms with E-state index in [0.29, 0.717) is 22.4 Å². The summed E-state index contributed by atoms with van der Waals surface area (Å²) < 4.78 is 19.6. The molecule has 24 heavy (non-hydrogen) atoms. The highest BCUT2D eigenvalue weighted by atomic mass is 127. The Labute approximate surface area is 169 Å². The number of nitrogens with two attached hydrogens (primary N) is 2. The molecule has 130 valence electrons. The van der Waals surface area contributed by atoms with Crippen molar-refractivity contribution in [2.75, 3.05) is 4.43 Å². The topological polar surface area (TPSA) is 61.3 Å². The van der Waals surface area contributed by atoms with Crippen LogP contribution in [0.25, 0.3) is 0 Å². The Balaban J connectivity index is 0.000000648. The second kappa shape index (κ2) is 10.9. The molecule has 0 spiro atoms. The highest BCUT2D eigenvalue weighted by molar-refractivity contribution is 14.1. The smallest absolute Gasteiger partial charge is 0.160 e. The maximum atomic E-state index is 12.8. The van der Waals surface area contributed by atoms with Gasteiger partial charge in [-0.15, -0.1) is 0 Å². The van der Waals surface area contributed by atoms with Crippen molar-refractivity contribution in [1.82, 2.24) is 0 Å². The van der Waals surface area contributed by atoms with Crippen LogP contribution in [0.5, 0.6) is 5.75 Å². The zero-order valence-electron chi connectivity index (χ0n) is 12.6. The van der Waals surface area contributed by atoms with E-state index in [4.69, 9.17) is 27.9 Å². The second-order valence-corrected chi connectivity index (χ2v) is 7.01. The number of halogens is 4. The fourth-order valence-corrected chi connectivity index (χ4v) is 2.90. The van der Waals surface area contributed by atoms with E-state index in [-0.39, 0.29) is 10.9 Å². The van der Waals surface area contributed by atoms with Crippen LogP contribution >= 0.6 is 58.0 Å². The summed E-state index contributed by atoms with van der Waals surface area (Å²) in [6, 6.07) is 9.69. The first kappa shape index (κ1) is 21.2. The average molecular weight is 501 g/mol. The molecule has 0 atom stereocenters. The Morgan fingerprint density at radius 1 is 1.17 bits per heavy atom. The largest absolute Gasteiger partial charge is 0.489 e. The molecule has 0 radical (unpaired) electrons. The summed E-state index contributed by atoms with van der Waals surface area (Å²) in [7, 11) is 0. The minimum Gasteiger partial charge on any atom is -0.489 e. The van der Waals surface area contributed by atoms with Crippen LogP contribution in [0.4, 0.5) is 4.39 Å². The minimum absolute atomic E-state index is 0.000000000000000222. The monoisotopic (exact) mass is 500 g/mol. The number of alkyl halides is 1. The number of thiocarbonyl (C=S) groups is 1. The molecule has 0 fully saturated rings. The molecule has 0 saturated carbocycles. The summed E-state index contributed by atoms with van der Waals surface area (Å²) in [4.78, 5) is 0. The first-order valence-electron chi connectivity index (χ1n) is 6.79. The Kier molecular flexibility index (Phi) is 9.65. The van der Waals surface area contributed by atoms with Crippen molar-refractivity contribution in [1.29, 1.82) is 0 Å². The van der Waals surface area contributed by atoms with Crippen molar-refractivity contribution in [2.24, 2.45) is 11.5 Å². The van der Waals surface area contributed by atoms with Gasteiger partial charge in [0, 0.05) is 20.0 Å². The lowest BCUT2D eigenvalue weighted by Crippen LogP contribution is -2.18. The van der Waals surface area contributed by atoms with Gasteiger partial charge in [-0.2, -0.15) is 0 Å². The lowest BCUT2D eigenvalue weighted by molar-refractivity contribution is 0.303. The van der Waals surface area contributed by atoms with Crippen molar-refractivity contribution in [3.63, 3.8) is 0 Å². The molecule has 0 aliphatic heterocycles. The Morgan fingerprint density at radius 2 is 1.75 bits per heavy atom. The molecule has 0 aliphatic rings. The molecule has 0 amide bonds. The molecule has 0 bridgehead atoms. The maximum absolute atomic E-state index is 12.8. The van der Waals surface area contributed by atoms with Crippen molar-refractivity contribution >= 4 is 63.1 Å². The Bertz CT molecular complexity index is 683. The average Bonchev–Trinajstić information content (AvgIpc) is 2.49. The zero-order chi connectivity index (χ0) is 18.1. The highest BCUT2D eigenvalue weighted by Crippen LogP contribution is 2.32. The normalized spacial score (nSPS) is 9.83. The fourth-order valence-electron chi connectivity index (χ4n) is 1.79. The summed E-state index contributed by atoms with van der Waals surface area (Å²) in [5.74, 6) is 0.425. The number of ether oxygens (including phenoxy) is 1. The van der Waals surface area contributed by atoms with Gasteiger partial charge in [0.05, 0.1) is 0 Å². The van der Waals surface area contributed by atoms with Crippen molar-refractivity contribution in [3.8, 4) is 5.75 Å². The molecular formula is C16H16Cl2FIN2OS. The van der Waals surface area contributed by atoms with Gasteiger partial charge in [0.15, 0.2) is 5.11 Å². The van der Waals surface area contributed by atoms with Crippen LogP contribution in [0.2, 0.25) is 10.0 Å². The second-order valence-electron chi connectivity index (χ2n) is 4.62. The molecule has 2 aromatic carbocycles. The van der Waals surface area contributed by atoms with Crippen LogP contribution in [0.3, 0.4) is 0 Å². The van der Waals surface area contributed by atoms with Gasteiger partial charge in [0.1, 0.15) is 18.2 Å². The zero-order valence-corrected chi connectivity index (χ0v) is 17.1. The predicted molar refractivity (Wildman–Crippen MR) is 111 cm³/mol. The van der Waals surface area contributed by atoms with E-state index in [0.717, 1.165) is 22.0 Å². The molecule has 4 N–H and O–H groups in total. The quantitative estimate of drug-likeness (QED) is 0.349. The van der Waals surface area contributed by atoms with Gasteiger partial charge < -0.3 is 16.2 Å². The minimum atomic E-state index is -0.259. The van der Waals surface area contributed by atoms with Crippen LogP contribution in [0.15, 0.2) is 36.4 Å². The highest BCUT2D eigenvalue weighted by Gasteiger charge is 2.10. The van der Waals surface area contributed by atoms with Crippen LogP contribution in [-0.2, 0) is 13.0 Å². The molecule has 0 unspecified atom stereocenters. The molecule has 0 heterocycles. The van der Waals surface area contributed by atoms with Crippen LogP contribution in [0, 0.1) is 5.82 Å². The van der Waals surface area contributed by atoms with Gasteiger partial charge in [-0.3, -0.25) is 0 Å². The molecular weight excluding hydrogens is 485 g/mol. The van der Waals surface area contributed by atoms with E-state index >= 15 is 0 Å². The van der Waals surface area contributed by atoms with Gasteiger partial charge in [-0.05, 0) is 48.5 Å². The van der Waals surface area contributed by atoms with Gasteiger partial charge in [-0.25, -0.2) is 4.39 Å². The van der Waals surface area contributed by atoms with E-state index in [1.54, 1.807) is 24.3 Å². The van der Waals surface area contributed by atoms with Gasteiger partial charge in [-0.1, -0.05) is 57.9 Å². The third kappa shape index (κ3) is 7.83. The molecule has 8 heteroatoms. The fraction of sp³-hybridized carbons (Fsp3) is 0.188. The molecule has 2 aromatic rings. The molecule has 3 nitrogen and oxygen atoms in total. The number of hydrogen-bond acceptors (Lipinski definition) is 2. The maximum Gasteiger partial charge on any atom is 0.160 e. The summed E-state index contributed by atoms with van der Waals surface area (Å²) in [5.41, 5.74) is 11.1. The number of benzene rings is 2. The molecule has 0 aliphatic carbocycles. The predicted octanol–water partition coefficient (Wildman–Crippen LogP) is 4.88. The van der Waals surface area contributed by atoms with Crippen molar-refractivity contribution < 1.29 is 9.13 Å². The Hall–Kier alpha value is -0.830. The lowest BCUT2D eigenvalue weighted by atomic mass is 10.1. The first-order chi connectivity index (χ1) is 11.3. The SMILES string of the molecule is Fc1ccc(COc2cc(Cl)cc(Cl)c2CCI)cc1.NC(N)=S. The van der Waals surface area contributed by atoms with E-state index in [2.05, 4.69) is 46.3 Å². The van der Waals surface area contributed by atoms with E-state index in [1.165, 1.54) is 12.1 Å². The number of rotatable bonds is 5. The van der Waals surface area contributed by atoms with Crippen molar-refractivity contribution in [2.45, 2.75) is 13.0 Å². The van der Waals surface area contributed by atoms with E-state index in [1.807, 2.05) is 0 Å². The Morgan fingerprint density at radius 3 is 2.29 bits per heavy atom. The van der Waals surface area contributed by atoms with Crippen LogP contribution in [-0.4, -0.2) is 9.54 Å². The summed E-state index contributed by atoms with van der Waals surface area (Å²) in [6.45, 7) is 0.352. The van der Waals surface area contributed by atoms with Gasteiger partial charge in [0.2, 0.25) is 0 Å². The standard InChI is InChI=1S/C15H12Cl2FIO.CH4N2S/c16-11-7-14(17)13(5-6-19)15(8-11)20-9-10-1-3-12(18)4-2-10;2-1(3)4/h1-4,7-8H,5-6,9H2;(H4,2,3,4).